The summed E-state index contributed by atoms with van der Waals surface area (Å²) in [4.78, 5) is 39.6. The Morgan fingerprint density at radius 1 is 1.16 bits per heavy atom. The highest BCUT2D eigenvalue weighted by atomic mass is 35.5. The fourth-order valence-corrected chi connectivity index (χ4v) is 3.42. The summed E-state index contributed by atoms with van der Waals surface area (Å²) in [5.74, 6) is -1.58. The Hall–Kier alpha value is -2.08. The minimum absolute atomic E-state index is 0.0472. The predicted octanol–water partition coefficient (Wildman–Crippen LogP) is 2.27. The molecule has 2 amide bonds. The van der Waals surface area contributed by atoms with Crippen molar-refractivity contribution in [3.63, 3.8) is 0 Å². The van der Waals surface area contributed by atoms with Gasteiger partial charge in [-0.2, -0.15) is 0 Å². The second kappa shape index (κ2) is 7.44. The third-order valence-corrected chi connectivity index (χ3v) is 4.98. The lowest BCUT2D eigenvalue weighted by atomic mass is 9.95. The van der Waals surface area contributed by atoms with Gasteiger partial charge in [0.15, 0.2) is 0 Å². The molecular formula is C18H21ClN2O4. The number of carbonyl (C=O) groups is 3. The summed E-state index contributed by atoms with van der Waals surface area (Å²) in [5, 5.41) is 9.62. The average molecular weight is 365 g/mol. The van der Waals surface area contributed by atoms with Crippen LogP contribution in [0.4, 0.5) is 0 Å². The van der Waals surface area contributed by atoms with Gasteiger partial charge in [-0.1, -0.05) is 11.6 Å². The first kappa shape index (κ1) is 17.7. The molecule has 134 valence electrons. The minimum atomic E-state index is -0.995. The zero-order valence-corrected chi connectivity index (χ0v) is 14.6. The highest BCUT2D eigenvalue weighted by Crippen LogP contribution is 2.30. The molecule has 2 fully saturated rings. The summed E-state index contributed by atoms with van der Waals surface area (Å²) in [6.45, 7) is 0.682. The molecule has 1 aliphatic carbocycles. The van der Waals surface area contributed by atoms with Crippen LogP contribution in [-0.4, -0.2) is 58.4 Å². The Kier molecular flexibility index (Phi) is 5.27. The number of hydrogen-bond acceptors (Lipinski definition) is 3. The monoisotopic (exact) mass is 364 g/mol. The molecule has 0 spiro atoms. The number of rotatable bonds is 5. The van der Waals surface area contributed by atoms with Gasteiger partial charge < -0.3 is 14.9 Å². The van der Waals surface area contributed by atoms with Crippen molar-refractivity contribution in [1.29, 1.82) is 0 Å². The van der Waals surface area contributed by atoms with Crippen molar-refractivity contribution in [2.75, 3.05) is 19.6 Å². The first-order valence-electron chi connectivity index (χ1n) is 8.53. The molecule has 1 unspecified atom stereocenters. The molecule has 1 saturated carbocycles. The number of halogens is 1. The SMILES string of the molecule is O=C(O)CN(C(=O)C1CCCN(C(=O)c2ccc(Cl)cc2)C1)C1CC1. The fraction of sp³-hybridized carbons (Fsp3) is 0.500. The number of piperidine rings is 1. The normalized spacial score (nSPS) is 20.2. The van der Waals surface area contributed by atoms with Gasteiger partial charge in [0, 0.05) is 29.7 Å². The van der Waals surface area contributed by atoms with E-state index in [4.69, 9.17) is 16.7 Å². The number of carbonyl (C=O) groups excluding carboxylic acids is 2. The molecule has 3 rings (SSSR count). The molecule has 1 aliphatic heterocycles. The summed E-state index contributed by atoms with van der Waals surface area (Å²) in [6.07, 6.45) is 3.14. The molecule has 1 aromatic rings. The number of amides is 2. The number of carboxylic acids is 1. The van der Waals surface area contributed by atoms with Gasteiger partial charge in [-0.3, -0.25) is 14.4 Å². The maximum atomic E-state index is 12.8. The maximum Gasteiger partial charge on any atom is 0.323 e. The molecule has 1 saturated heterocycles. The van der Waals surface area contributed by atoms with Crippen LogP contribution < -0.4 is 0 Å². The summed E-state index contributed by atoms with van der Waals surface area (Å²) in [7, 11) is 0. The standard InChI is InChI=1S/C18H21ClN2O4/c19-14-5-3-12(4-6-14)17(24)20-9-1-2-13(10-20)18(25)21(11-16(22)23)15-7-8-15/h3-6,13,15H,1-2,7-11H2,(H,22,23). The Bertz CT molecular complexity index is 672. The largest absolute Gasteiger partial charge is 0.480 e. The molecule has 2 aliphatic rings. The smallest absolute Gasteiger partial charge is 0.323 e. The van der Waals surface area contributed by atoms with E-state index >= 15 is 0 Å². The molecule has 1 atom stereocenters. The van der Waals surface area contributed by atoms with E-state index in [0.717, 1.165) is 19.3 Å². The van der Waals surface area contributed by atoms with Gasteiger partial charge in [-0.25, -0.2) is 0 Å². The lowest BCUT2D eigenvalue weighted by Crippen LogP contribution is -2.48. The average Bonchev–Trinajstić information content (AvgIpc) is 3.44. The Balaban J connectivity index is 1.67. The maximum absolute atomic E-state index is 12.8. The predicted molar refractivity (Wildman–Crippen MR) is 92.5 cm³/mol. The molecule has 7 heteroatoms. The molecule has 0 aromatic heterocycles. The van der Waals surface area contributed by atoms with Crippen molar-refractivity contribution >= 4 is 29.4 Å². The van der Waals surface area contributed by atoms with Crippen LogP contribution in [0, 0.1) is 5.92 Å². The van der Waals surface area contributed by atoms with E-state index in [1.54, 1.807) is 29.2 Å². The van der Waals surface area contributed by atoms with E-state index in [2.05, 4.69) is 0 Å². The van der Waals surface area contributed by atoms with Gasteiger partial charge in [0.2, 0.25) is 5.91 Å². The van der Waals surface area contributed by atoms with Gasteiger partial charge in [-0.05, 0) is 49.9 Å². The van der Waals surface area contributed by atoms with E-state index in [9.17, 15) is 14.4 Å². The van der Waals surface area contributed by atoms with Crippen LogP contribution in [0.5, 0.6) is 0 Å². The molecule has 25 heavy (non-hydrogen) atoms. The van der Waals surface area contributed by atoms with Crippen LogP contribution >= 0.6 is 11.6 Å². The minimum Gasteiger partial charge on any atom is -0.480 e. The van der Waals surface area contributed by atoms with Crippen LogP contribution in [0.2, 0.25) is 5.02 Å². The van der Waals surface area contributed by atoms with Gasteiger partial charge in [-0.15, -0.1) is 0 Å². The first-order valence-corrected chi connectivity index (χ1v) is 8.90. The number of likely N-dealkylation sites (tertiary alicyclic amines) is 1. The summed E-state index contributed by atoms with van der Waals surface area (Å²) in [5.41, 5.74) is 0.544. The molecule has 0 radical (unpaired) electrons. The zero-order valence-electron chi connectivity index (χ0n) is 13.9. The lowest BCUT2D eigenvalue weighted by Gasteiger charge is -2.34. The van der Waals surface area contributed by atoms with Crippen molar-refractivity contribution in [1.82, 2.24) is 9.80 Å². The first-order chi connectivity index (χ1) is 12.0. The molecule has 1 N–H and O–H groups in total. The van der Waals surface area contributed by atoms with Crippen LogP contribution in [0.15, 0.2) is 24.3 Å². The molecule has 0 bridgehead atoms. The molecule has 6 nitrogen and oxygen atoms in total. The third kappa shape index (κ3) is 4.31. The summed E-state index contributed by atoms with van der Waals surface area (Å²) < 4.78 is 0. The second-order valence-corrected chi connectivity index (χ2v) is 7.12. The van der Waals surface area contributed by atoms with E-state index in [1.807, 2.05) is 0 Å². The molecular weight excluding hydrogens is 344 g/mol. The van der Waals surface area contributed by atoms with Crippen molar-refractivity contribution in [2.45, 2.75) is 31.7 Å². The molecule has 1 heterocycles. The Labute approximate surface area is 151 Å². The summed E-state index contributed by atoms with van der Waals surface area (Å²) >= 11 is 5.86. The van der Waals surface area contributed by atoms with Gasteiger partial charge in [0.25, 0.3) is 5.91 Å². The lowest BCUT2D eigenvalue weighted by molar-refractivity contribution is -0.147. The third-order valence-electron chi connectivity index (χ3n) is 4.73. The Morgan fingerprint density at radius 3 is 2.44 bits per heavy atom. The van der Waals surface area contributed by atoms with Gasteiger partial charge in [0.05, 0.1) is 5.92 Å². The summed E-state index contributed by atoms with van der Waals surface area (Å²) in [6, 6.07) is 6.74. The van der Waals surface area contributed by atoms with Crippen molar-refractivity contribution < 1.29 is 19.5 Å². The topological polar surface area (TPSA) is 77.9 Å². The van der Waals surface area contributed by atoms with E-state index in [1.165, 1.54) is 4.90 Å². The molecule has 1 aromatic carbocycles. The van der Waals surface area contributed by atoms with E-state index in [0.29, 0.717) is 30.1 Å². The number of hydrogen-bond donors (Lipinski definition) is 1. The van der Waals surface area contributed by atoms with E-state index < -0.39 is 5.97 Å². The number of nitrogens with zero attached hydrogens (tertiary/aromatic N) is 2. The highest BCUT2D eigenvalue weighted by molar-refractivity contribution is 6.30. The van der Waals surface area contributed by atoms with E-state index in [-0.39, 0.29) is 30.3 Å². The van der Waals surface area contributed by atoms with Crippen molar-refractivity contribution in [3.05, 3.63) is 34.9 Å². The van der Waals surface area contributed by atoms with Crippen molar-refractivity contribution in [3.8, 4) is 0 Å². The Morgan fingerprint density at radius 2 is 1.84 bits per heavy atom. The highest BCUT2D eigenvalue weighted by Gasteiger charge is 2.38. The zero-order chi connectivity index (χ0) is 18.0. The van der Waals surface area contributed by atoms with Crippen LogP contribution in [0.3, 0.4) is 0 Å². The van der Waals surface area contributed by atoms with Crippen LogP contribution in [0.1, 0.15) is 36.0 Å². The van der Waals surface area contributed by atoms with Crippen LogP contribution in [-0.2, 0) is 9.59 Å². The van der Waals surface area contributed by atoms with Crippen LogP contribution in [0.25, 0.3) is 0 Å². The number of carboxylic acid groups (broad SMARTS) is 1. The van der Waals surface area contributed by atoms with Gasteiger partial charge >= 0.3 is 5.97 Å². The van der Waals surface area contributed by atoms with Crippen molar-refractivity contribution in [2.24, 2.45) is 5.92 Å². The number of aliphatic carboxylic acids is 1. The second-order valence-electron chi connectivity index (χ2n) is 6.69. The quantitative estimate of drug-likeness (QED) is 0.869. The number of benzene rings is 1. The van der Waals surface area contributed by atoms with Gasteiger partial charge in [0.1, 0.15) is 6.54 Å². The fourth-order valence-electron chi connectivity index (χ4n) is 3.29.